The fourth-order valence-electron chi connectivity index (χ4n) is 6.13. The number of fused-ring (bicyclic) bond motifs is 2. The number of sulfonamides is 1. The predicted molar refractivity (Wildman–Crippen MR) is 164 cm³/mol. The molecule has 0 spiro atoms. The fraction of sp³-hybridized carbons (Fsp3) is 0.281. The lowest BCUT2D eigenvalue weighted by Crippen LogP contribution is -2.34. The second-order valence-corrected chi connectivity index (χ2v) is 13.2. The van der Waals surface area contributed by atoms with E-state index in [1.807, 2.05) is 25.2 Å². The Kier molecular flexibility index (Phi) is 7.26. The summed E-state index contributed by atoms with van der Waals surface area (Å²) in [4.78, 5) is 18.8. The van der Waals surface area contributed by atoms with E-state index in [0.717, 1.165) is 23.9 Å². The van der Waals surface area contributed by atoms with Crippen LogP contribution in [-0.4, -0.2) is 58.2 Å². The van der Waals surface area contributed by atoms with Gasteiger partial charge >= 0.3 is 0 Å². The molecular formula is C32H32F2N4O4S. The quantitative estimate of drug-likeness (QED) is 0.241. The molecule has 43 heavy (non-hydrogen) atoms. The lowest BCUT2D eigenvalue weighted by molar-refractivity contribution is 0.0964. The summed E-state index contributed by atoms with van der Waals surface area (Å²) >= 11 is 0. The van der Waals surface area contributed by atoms with Gasteiger partial charge in [-0.05, 0) is 86.4 Å². The third-order valence-corrected chi connectivity index (χ3v) is 9.73. The van der Waals surface area contributed by atoms with Crippen LogP contribution in [0.15, 0.2) is 65.1 Å². The number of benzene rings is 3. The Hall–Kier alpha value is -4.22. The Morgan fingerprint density at radius 2 is 1.84 bits per heavy atom. The monoisotopic (exact) mass is 606 g/mol. The minimum absolute atomic E-state index is 0.0878. The zero-order chi connectivity index (χ0) is 30.6. The maximum atomic E-state index is 14.5. The van der Waals surface area contributed by atoms with Crippen molar-refractivity contribution in [3.63, 3.8) is 0 Å². The average Bonchev–Trinajstić information content (AvgIpc) is 3.58. The zero-order valence-corrected chi connectivity index (χ0v) is 25.1. The number of aromatic nitrogens is 1. The van der Waals surface area contributed by atoms with Crippen LogP contribution < -0.4 is 9.62 Å². The summed E-state index contributed by atoms with van der Waals surface area (Å²) in [5, 5.41) is 3.72. The Balaban J connectivity index is 1.52. The van der Waals surface area contributed by atoms with Crippen molar-refractivity contribution < 1.29 is 26.4 Å². The second-order valence-electron chi connectivity index (χ2n) is 11.2. The van der Waals surface area contributed by atoms with Crippen LogP contribution in [0.4, 0.5) is 14.5 Å². The van der Waals surface area contributed by atoms with Crippen LogP contribution in [0, 0.1) is 11.6 Å². The molecule has 2 atom stereocenters. The largest absolute Gasteiger partial charge is 0.455 e. The zero-order valence-electron chi connectivity index (χ0n) is 24.2. The van der Waals surface area contributed by atoms with E-state index >= 15 is 0 Å². The Morgan fingerprint density at radius 1 is 1.09 bits per heavy atom. The molecule has 2 aromatic heterocycles. The van der Waals surface area contributed by atoms with Crippen molar-refractivity contribution in [1.29, 1.82) is 0 Å². The van der Waals surface area contributed by atoms with Crippen molar-refractivity contribution in [2.24, 2.45) is 0 Å². The number of hydrogen-bond donors (Lipinski definition) is 2. The lowest BCUT2D eigenvalue weighted by atomic mass is 9.83. The first kappa shape index (κ1) is 28.9. The highest BCUT2D eigenvalue weighted by atomic mass is 32.2. The van der Waals surface area contributed by atoms with E-state index in [0.29, 0.717) is 46.1 Å². The molecule has 0 aliphatic carbocycles. The molecule has 0 saturated carbocycles. The molecule has 1 aliphatic rings. The maximum Gasteiger partial charge on any atom is 0.255 e. The third-order valence-electron chi connectivity index (χ3n) is 8.54. The molecule has 8 nitrogen and oxygen atoms in total. The number of anilines is 1. The first-order chi connectivity index (χ1) is 20.5. The number of hydrogen-bond acceptors (Lipinski definition) is 5. The summed E-state index contributed by atoms with van der Waals surface area (Å²) in [5.41, 5.74) is 3.94. The van der Waals surface area contributed by atoms with Crippen molar-refractivity contribution >= 4 is 43.5 Å². The number of carbonyl (C=O) groups excluding carboxylic acids is 1. The fourth-order valence-corrected chi connectivity index (χ4v) is 6.65. The number of carbonyl (C=O) groups is 1. The smallest absolute Gasteiger partial charge is 0.255 e. The normalized spacial score (nSPS) is 17.9. The number of nitrogens with one attached hydrogen (secondary N) is 2. The standard InChI is InChI=1S/C32H32F2N4O4S/c1-35-32(39)30-23-15-21(19-12-13-37(2)28(14-19)26-16-22-24(34)6-5-7-25(22)36-26)27(38(3)43(4,40)41)17-29(23)42-31(30)18-8-10-20(33)11-9-18/h5-11,15-17,19,28,36H,12-14H2,1-4H3,(H,35,39). The van der Waals surface area contributed by atoms with Gasteiger partial charge in [0.2, 0.25) is 10.0 Å². The first-order valence-electron chi connectivity index (χ1n) is 14.0. The number of aromatic amines is 1. The van der Waals surface area contributed by atoms with E-state index in [-0.39, 0.29) is 35.0 Å². The molecule has 1 amide bonds. The summed E-state index contributed by atoms with van der Waals surface area (Å²) in [6, 6.07) is 15.9. The van der Waals surface area contributed by atoms with Gasteiger partial charge in [0.1, 0.15) is 23.0 Å². The number of amides is 1. The summed E-state index contributed by atoms with van der Waals surface area (Å²) < 4.78 is 61.3. The van der Waals surface area contributed by atoms with E-state index in [9.17, 15) is 22.0 Å². The highest BCUT2D eigenvalue weighted by molar-refractivity contribution is 7.92. The summed E-state index contributed by atoms with van der Waals surface area (Å²) in [6.45, 7) is 0.710. The van der Waals surface area contributed by atoms with E-state index in [1.165, 1.54) is 48.7 Å². The van der Waals surface area contributed by atoms with Gasteiger partial charge in [-0.2, -0.15) is 0 Å². The summed E-state index contributed by atoms with van der Waals surface area (Å²) in [6.07, 6.45) is 2.49. The van der Waals surface area contributed by atoms with Crippen LogP contribution in [0.5, 0.6) is 0 Å². The van der Waals surface area contributed by atoms with Crippen molar-refractivity contribution in [1.82, 2.24) is 15.2 Å². The number of furan rings is 1. The van der Waals surface area contributed by atoms with Gasteiger partial charge in [0.05, 0.1) is 23.5 Å². The molecule has 0 radical (unpaired) electrons. The molecule has 11 heteroatoms. The van der Waals surface area contributed by atoms with Crippen molar-refractivity contribution in [3.05, 3.63) is 89.1 Å². The number of nitrogens with zero attached hydrogens (tertiary/aromatic N) is 2. The molecule has 1 saturated heterocycles. The van der Waals surface area contributed by atoms with Crippen LogP contribution in [-0.2, 0) is 10.0 Å². The minimum atomic E-state index is -3.65. The van der Waals surface area contributed by atoms with Gasteiger partial charge < -0.3 is 14.7 Å². The Labute approximate surface area is 248 Å². The molecule has 3 heterocycles. The van der Waals surface area contributed by atoms with Gasteiger partial charge in [-0.15, -0.1) is 0 Å². The Bertz CT molecular complexity index is 1970. The van der Waals surface area contributed by atoms with Crippen molar-refractivity contribution in [3.8, 4) is 11.3 Å². The van der Waals surface area contributed by atoms with Crippen molar-refractivity contribution in [2.45, 2.75) is 24.8 Å². The molecule has 2 unspecified atom stereocenters. The topological polar surface area (TPSA) is 98.7 Å². The molecule has 1 aliphatic heterocycles. The van der Waals surface area contributed by atoms with Gasteiger partial charge in [-0.25, -0.2) is 17.2 Å². The molecule has 6 rings (SSSR count). The van der Waals surface area contributed by atoms with E-state index in [1.54, 1.807) is 12.1 Å². The van der Waals surface area contributed by atoms with Crippen LogP contribution in [0.2, 0.25) is 0 Å². The molecule has 3 aromatic carbocycles. The van der Waals surface area contributed by atoms with Crippen LogP contribution >= 0.6 is 0 Å². The average molecular weight is 607 g/mol. The Morgan fingerprint density at radius 3 is 2.51 bits per heavy atom. The molecule has 1 fully saturated rings. The lowest BCUT2D eigenvalue weighted by Gasteiger charge is -2.38. The highest BCUT2D eigenvalue weighted by Gasteiger charge is 2.33. The van der Waals surface area contributed by atoms with Crippen LogP contribution in [0.3, 0.4) is 0 Å². The van der Waals surface area contributed by atoms with Gasteiger partial charge in [0.15, 0.2) is 0 Å². The van der Waals surface area contributed by atoms with Gasteiger partial charge in [0.25, 0.3) is 5.91 Å². The number of H-pyrrole nitrogens is 1. The van der Waals surface area contributed by atoms with E-state index in [2.05, 4.69) is 15.2 Å². The number of piperidine rings is 1. The highest BCUT2D eigenvalue weighted by Crippen LogP contribution is 2.45. The predicted octanol–water partition coefficient (Wildman–Crippen LogP) is 6.17. The summed E-state index contributed by atoms with van der Waals surface area (Å²) in [5.74, 6) is -0.926. The van der Waals surface area contributed by atoms with Crippen molar-refractivity contribution in [2.75, 3.05) is 38.2 Å². The molecule has 224 valence electrons. The van der Waals surface area contributed by atoms with Crippen LogP contribution in [0.25, 0.3) is 33.2 Å². The number of rotatable bonds is 6. The van der Waals surface area contributed by atoms with E-state index in [4.69, 9.17) is 4.42 Å². The van der Waals surface area contributed by atoms with Gasteiger partial charge in [-0.1, -0.05) is 6.07 Å². The second kappa shape index (κ2) is 10.8. The van der Waals surface area contributed by atoms with Gasteiger partial charge in [0, 0.05) is 47.7 Å². The molecular weight excluding hydrogens is 574 g/mol. The number of halogens is 2. The summed E-state index contributed by atoms with van der Waals surface area (Å²) in [7, 11) is 1.38. The molecule has 0 bridgehead atoms. The molecule has 5 aromatic rings. The van der Waals surface area contributed by atoms with Gasteiger partial charge in [-0.3, -0.25) is 14.0 Å². The van der Waals surface area contributed by atoms with Crippen LogP contribution in [0.1, 0.15) is 46.4 Å². The first-order valence-corrected chi connectivity index (χ1v) is 15.8. The van der Waals surface area contributed by atoms with E-state index < -0.39 is 15.8 Å². The molecule has 2 N–H and O–H groups in total. The SMILES string of the molecule is CNC(=O)c1c(-c2ccc(F)cc2)oc2cc(N(C)S(C)(=O)=O)c(C3CCN(C)C(c4cc5c(F)cccc5[nH]4)C3)cc12. The third kappa shape index (κ3) is 5.16. The number of likely N-dealkylation sites (tertiary alicyclic amines) is 1. The minimum Gasteiger partial charge on any atom is -0.455 e. The maximum absolute atomic E-state index is 14.5.